The highest BCUT2D eigenvalue weighted by molar-refractivity contribution is 7.99. The van der Waals surface area contributed by atoms with E-state index < -0.39 is 9.84 Å². The minimum Gasteiger partial charge on any atom is -0.350 e. The molecule has 2 aliphatic rings. The van der Waals surface area contributed by atoms with Crippen LogP contribution in [0.15, 0.2) is 35.7 Å². The number of hydrogen-bond donors (Lipinski definition) is 1. The number of carbonyl (C=O) groups is 1. The lowest BCUT2D eigenvalue weighted by Crippen LogP contribution is -2.50. The summed E-state index contributed by atoms with van der Waals surface area (Å²) < 4.78 is 26.4. The molecule has 30 heavy (non-hydrogen) atoms. The Morgan fingerprint density at radius 3 is 2.77 bits per heavy atom. The first-order valence-electron chi connectivity index (χ1n) is 10.3. The summed E-state index contributed by atoms with van der Waals surface area (Å²) in [5.41, 5.74) is 3.42. The van der Waals surface area contributed by atoms with Gasteiger partial charge in [0.05, 0.1) is 29.0 Å². The van der Waals surface area contributed by atoms with Crippen LogP contribution in [0.25, 0.3) is 5.69 Å². The number of hydrogen-bond acceptors (Lipinski definition) is 6. The van der Waals surface area contributed by atoms with E-state index in [2.05, 4.69) is 35.1 Å². The van der Waals surface area contributed by atoms with Crippen LogP contribution < -0.4 is 5.32 Å². The summed E-state index contributed by atoms with van der Waals surface area (Å²) in [6, 6.07) is 5.68. The van der Waals surface area contributed by atoms with Crippen molar-refractivity contribution >= 4 is 27.5 Å². The number of sulfone groups is 1. The number of benzene rings is 1. The Bertz CT molecular complexity index is 1030. The molecule has 1 amide bonds. The summed E-state index contributed by atoms with van der Waals surface area (Å²) >= 11 is 1.36. The molecular weight excluding hydrogens is 420 g/mol. The molecular formula is C21H28N4O3S2. The first-order chi connectivity index (χ1) is 14.3. The zero-order valence-corrected chi connectivity index (χ0v) is 19.0. The molecule has 1 aromatic heterocycles. The van der Waals surface area contributed by atoms with Crippen LogP contribution in [0.2, 0.25) is 0 Å². The van der Waals surface area contributed by atoms with Gasteiger partial charge in [-0.1, -0.05) is 23.9 Å². The minimum atomic E-state index is -3.12. The second kappa shape index (κ2) is 8.72. The summed E-state index contributed by atoms with van der Waals surface area (Å²) in [4.78, 5) is 19.3. The van der Waals surface area contributed by atoms with E-state index in [4.69, 9.17) is 0 Å². The van der Waals surface area contributed by atoms with Gasteiger partial charge in [0.25, 0.3) is 0 Å². The number of likely N-dealkylation sites (tertiary alicyclic amines) is 1. The third-order valence-electron chi connectivity index (χ3n) is 6.05. The van der Waals surface area contributed by atoms with Gasteiger partial charge in [0, 0.05) is 18.4 Å². The molecule has 4 rings (SSSR count). The number of nitrogens with one attached hydrogen (secondary N) is 1. The first-order valence-corrected chi connectivity index (χ1v) is 13.1. The predicted molar refractivity (Wildman–Crippen MR) is 119 cm³/mol. The Hall–Kier alpha value is -1.84. The maximum Gasteiger partial charge on any atom is 0.230 e. The fraction of sp³-hybridized carbons (Fsp3) is 0.524. The molecule has 2 saturated heterocycles. The van der Waals surface area contributed by atoms with Crippen molar-refractivity contribution in [1.29, 1.82) is 0 Å². The normalized spacial score (nSPS) is 23.7. The van der Waals surface area contributed by atoms with Crippen LogP contribution in [0.5, 0.6) is 0 Å². The number of nitrogens with zero attached hydrogens (tertiary/aromatic N) is 3. The SMILES string of the molecule is Cc1cccc(-n2ccnc2SCC(=O)NC2CS(=O)(=O)CC2N2CCCC2)c1C. The van der Waals surface area contributed by atoms with Crippen molar-refractivity contribution in [2.75, 3.05) is 30.3 Å². The highest BCUT2D eigenvalue weighted by Gasteiger charge is 2.42. The molecule has 9 heteroatoms. The van der Waals surface area contributed by atoms with Gasteiger partial charge in [-0.05, 0) is 57.0 Å². The molecule has 2 aliphatic heterocycles. The Morgan fingerprint density at radius 2 is 2.00 bits per heavy atom. The number of rotatable bonds is 6. The minimum absolute atomic E-state index is 0.0295. The lowest BCUT2D eigenvalue weighted by atomic mass is 10.1. The second-order valence-corrected chi connectivity index (χ2v) is 11.2. The van der Waals surface area contributed by atoms with E-state index in [0.29, 0.717) is 0 Å². The maximum atomic E-state index is 12.7. The highest BCUT2D eigenvalue weighted by Crippen LogP contribution is 2.25. The molecule has 3 heterocycles. The molecule has 7 nitrogen and oxygen atoms in total. The van der Waals surface area contributed by atoms with E-state index in [0.717, 1.165) is 36.8 Å². The van der Waals surface area contributed by atoms with E-state index in [9.17, 15) is 13.2 Å². The van der Waals surface area contributed by atoms with E-state index in [1.807, 2.05) is 22.9 Å². The topological polar surface area (TPSA) is 84.3 Å². The second-order valence-electron chi connectivity index (χ2n) is 8.15. The summed E-state index contributed by atoms with van der Waals surface area (Å²) in [6.45, 7) is 5.97. The number of aromatic nitrogens is 2. The Kier molecular flexibility index (Phi) is 6.22. The molecule has 2 unspecified atom stereocenters. The average molecular weight is 449 g/mol. The highest BCUT2D eigenvalue weighted by atomic mass is 32.2. The summed E-state index contributed by atoms with van der Waals surface area (Å²) in [6.07, 6.45) is 5.81. The van der Waals surface area contributed by atoms with Crippen LogP contribution in [-0.2, 0) is 14.6 Å². The summed E-state index contributed by atoms with van der Waals surface area (Å²) in [7, 11) is -3.12. The van der Waals surface area contributed by atoms with E-state index in [1.165, 1.54) is 22.9 Å². The molecule has 1 aromatic carbocycles. The molecule has 0 saturated carbocycles. The third-order valence-corrected chi connectivity index (χ3v) is 8.74. The van der Waals surface area contributed by atoms with Gasteiger partial charge in [-0.3, -0.25) is 14.3 Å². The van der Waals surface area contributed by atoms with Crippen molar-refractivity contribution in [2.24, 2.45) is 0 Å². The number of carbonyl (C=O) groups excluding carboxylic acids is 1. The maximum absolute atomic E-state index is 12.7. The molecule has 0 spiro atoms. The number of amides is 1. The van der Waals surface area contributed by atoms with Gasteiger partial charge in [-0.25, -0.2) is 13.4 Å². The number of thioether (sulfide) groups is 1. The van der Waals surface area contributed by atoms with Crippen LogP contribution in [0, 0.1) is 13.8 Å². The standard InChI is InChI=1S/C21H28N4O3S2/c1-15-6-5-7-18(16(15)2)25-11-8-22-21(25)29-12-20(26)23-17-13-30(27,28)14-19(17)24-9-3-4-10-24/h5-8,11,17,19H,3-4,9-10,12-14H2,1-2H3,(H,23,26). The zero-order chi connectivity index (χ0) is 21.3. The molecule has 2 aromatic rings. The molecule has 0 aliphatic carbocycles. The Balaban J connectivity index is 1.41. The predicted octanol–water partition coefficient (Wildman–Crippen LogP) is 1.96. The van der Waals surface area contributed by atoms with Crippen molar-refractivity contribution < 1.29 is 13.2 Å². The fourth-order valence-electron chi connectivity index (χ4n) is 4.36. The smallest absolute Gasteiger partial charge is 0.230 e. The number of aryl methyl sites for hydroxylation is 1. The van der Waals surface area contributed by atoms with E-state index in [-0.39, 0.29) is 35.2 Å². The third kappa shape index (κ3) is 4.58. The van der Waals surface area contributed by atoms with Crippen LogP contribution >= 0.6 is 11.8 Å². The number of imidazole rings is 1. The summed E-state index contributed by atoms with van der Waals surface area (Å²) in [5.74, 6) is 0.219. The van der Waals surface area contributed by atoms with Crippen LogP contribution in [-0.4, -0.2) is 71.2 Å². The summed E-state index contributed by atoms with van der Waals surface area (Å²) in [5, 5.41) is 3.73. The van der Waals surface area contributed by atoms with Crippen molar-refractivity contribution in [1.82, 2.24) is 19.8 Å². The zero-order valence-electron chi connectivity index (χ0n) is 17.4. The van der Waals surface area contributed by atoms with Gasteiger partial charge in [-0.15, -0.1) is 0 Å². The van der Waals surface area contributed by atoms with Gasteiger partial charge < -0.3 is 5.32 Å². The van der Waals surface area contributed by atoms with E-state index >= 15 is 0 Å². The monoisotopic (exact) mass is 448 g/mol. The van der Waals surface area contributed by atoms with Gasteiger partial charge in [0.2, 0.25) is 5.91 Å². The lowest BCUT2D eigenvalue weighted by Gasteiger charge is -2.28. The van der Waals surface area contributed by atoms with Crippen LogP contribution in [0.3, 0.4) is 0 Å². The molecule has 2 fully saturated rings. The van der Waals surface area contributed by atoms with Crippen LogP contribution in [0.4, 0.5) is 0 Å². The Morgan fingerprint density at radius 1 is 1.23 bits per heavy atom. The van der Waals surface area contributed by atoms with Gasteiger partial charge in [0.15, 0.2) is 15.0 Å². The lowest BCUT2D eigenvalue weighted by molar-refractivity contribution is -0.119. The molecule has 0 bridgehead atoms. The van der Waals surface area contributed by atoms with Crippen molar-refractivity contribution in [3.8, 4) is 5.69 Å². The van der Waals surface area contributed by atoms with Crippen molar-refractivity contribution in [3.05, 3.63) is 41.7 Å². The van der Waals surface area contributed by atoms with Crippen LogP contribution in [0.1, 0.15) is 24.0 Å². The molecule has 2 atom stereocenters. The molecule has 0 radical (unpaired) electrons. The van der Waals surface area contributed by atoms with Crippen molar-refractivity contribution in [3.63, 3.8) is 0 Å². The molecule has 1 N–H and O–H groups in total. The Labute approximate surface area is 182 Å². The average Bonchev–Trinajstić information content (AvgIpc) is 3.42. The van der Waals surface area contributed by atoms with Crippen molar-refractivity contribution in [2.45, 2.75) is 43.9 Å². The van der Waals surface area contributed by atoms with E-state index in [1.54, 1.807) is 6.20 Å². The largest absolute Gasteiger partial charge is 0.350 e. The first kappa shape index (κ1) is 21.4. The van der Waals surface area contributed by atoms with Gasteiger partial charge >= 0.3 is 0 Å². The molecule has 162 valence electrons. The fourth-order valence-corrected chi connectivity index (χ4v) is 7.08. The van der Waals surface area contributed by atoms with Gasteiger partial charge in [-0.2, -0.15) is 0 Å². The quantitative estimate of drug-likeness (QED) is 0.680. The van der Waals surface area contributed by atoms with Gasteiger partial charge in [0.1, 0.15) is 0 Å².